The molecule has 3 heteroatoms. The lowest BCUT2D eigenvalue weighted by molar-refractivity contribution is -0.139. The Morgan fingerprint density at radius 1 is 1.27 bits per heavy atom. The summed E-state index contributed by atoms with van der Waals surface area (Å²) in [5.74, 6) is 3.19. The minimum absolute atomic E-state index is 0.247. The standard InChI is InChI=1S/C23H34O3/c1-3-4-6-16(2)9-10-17-11-12-19-14-21-18(13-20(17)19)7-5-8-22(21)26-15-23(24)25/h5,7-8,16-17,19-20H,3-4,6,9-15H2,1-2H3,(H,24,25)/t16-,17-,19+,20+/m0/s1. The van der Waals surface area contributed by atoms with Crippen LogP contribution in [-0.4, -0.2) is 17.7 Å². The van der Waals surface area contributed by atoms with Crippen LogP contribution in [0.4, 0.5) is 0 Å². The smallest absolute Gasteiger partial charge is 0.341 e. The van der Waals surface area contributed by atoms with E-state index in [9.17, 15) is 4.79 Å². The Morgan fingerprint density at radius 2 is 2.12 bits per heavy atom. The van der Waals surface area contributed by atoms with Gasteiger partial charge in [0, 0.05) is 0 Å². The molecule has 3 nitrogen and oxygen atoms in total. The first kappa shape index (κ1) is 19.3. The van der Waals surface area contributed by atoms with Gasteiger partial charge in [0.1, 0.15) is 5.75 Å². The van der Waals surface area contributed by atoms with E-state index >= 15 is 0 Å². The van der Waals surface area contributed by atoms with Gasteiger partial charge < -0.3 is 9.84 Å². The molecule has 3 rings (SSSR count). The Morgan fingerprint density at radius 3 is 2.88 bits per heavy atom. The Hall–Kier alpha value is -1.51. The molecule has 0 saturated heterocycles. The summed E-state index contributed by atoms with van der Waals surface area (Å²) in [4.78, 5) is 10.8. The van der Waals surface area contributed by atoms with Crippen LogP contribution >= 0.6 is 0 Å². The summed E-state index contributed by atoms with van der Waals surface area (Å²) >= 11 is 0. The highest BCUT2D eigenvalue weighted by Crippen LogP contribution is 2.48. The summed E-state index contributed by atoms with van der Waals surface area (Å²) in [6.07, 6.45) is 11.7. The molecule has 26 heavy (non-hydrogen) atoms. The number of fused-ring (bicyclic) bond motifs is 2. The van der Waals surface area contributed by atoms with Gasteiger partial charge in [-0.2, -0.15) is 0 Å². The van der Waals surface area contributed by atoms with Gasteiger partial charge in [-0.15, -0.1) is 0 Å². The van der Waals surface area contributed by atoms with Crippen molar-refractivity contribution in [2.45, 2.75) is 71.6 Å². The molecule has 0 spiro atoms. The third-order valence-electron chi connectivity index (χ3n) is 6.70. The topological polar surface area (TPSA) is 46.5 Å². The van der Waals surface area contributed by atoms with E-state index in [0.717, 1.165) is 42.3 Å². The number of hydrogen-bond donors (Lipinski definition) is 1. The molecule has 4 atom stereocenters. The maximum Gasteiger partial charge on any atom is 0.341 e. The molecule has 0 radical (unpaired) electrons. The van der Waals surface area contributed by atoms with E-state index in [2.05, 4.69) is 19.9 Å². The van der Waals surface area contributed by atoms with Crippen LogP contribution in [0.5, 0.6) is 5.75 Å². The second-order valence-corrected chi connectivity index (χ2v) is 8.57. The SMILES string of the molecule is CCCC[C@H](C)CC[C@H]1CC[C@@H]2Cc3c(cccc3OCC(=O)O)C[C@H]12. The van der Waals surface area contributed by atoms with Crippen molar-refractivity contribution in [1.29, 1.82) is 0 Å². The van der Waals surface area contributed by atoms with Gasteiger partial charge in [0.2, 0.25) is 0 Å². The highest BCUT2D eigenvalue weighted by atomic mass is 16.5. The van der Waals surface area contributed by atoms with Crippen molar-refractivity contribution in [1.82, 2.24) is 0 Å². The van der Waals surface area contributed by atoms with Crippen LogP contribution in [-0.2, 0) is 17.6 Å². The van der Waals surface area contributed by atoms with Crippen molar-refractivity contribution in [3.05, 3.63) is 29.3 Å². The predicted octanol–water partition coefficient (Wildman–Crippen LogP) is 5.50. The lowest BCUT2D eigenvalue weighted by atomic mass is 9.73. The second kappa shape index (κ2) is 8.92. The lowest BCUT2D eigenvalue weighted by Crippen LogP contribution is -2.26. The number of carboxylic acids is 1. The summed E-state index contributed by atoms with van der Waals surface area (Å²) in [6.45, 7) is 4.45. The fraction of sp³-hybridized carbons (Fsp3) is 0.696. The molecule has 144 valence electrons. The quantitative estimate of drug-likeness (QED) is 0.634. The maximum atomic E-state index is 10.8. The van der Waals surface area contributed by atoms with Gasteiger partial charge in [-0.1, -0.05) is 51.7 Å². The van der Waals surface area contributed by atoms with Crippen molar-refractivity contribution in [2.75, 3.05) is 6.61 Å². The molecule has 0 aliphatic heterocycles. The van der Waals surface area contributed by atoms with Crippen molar-refractivity contribution < 1.29 is 14.6 Å². The Labute approximate surface area is 158 Å². The van der Waals surface area contributed by atoms with Crippen molar-refractivity contribution in [3.8, 4) is 5.75 Å². The normalized spacial score (nSPS) is 25.4. The molecule has 0 bridgehead atoms. The molecule has 0 amide bonds. The number of aliphatic carboxylic acids is 1. The molecule has 2 aliphatic carbocycles. The van der Waals surface area contributed by atoms with E-state index in [0.29, 0.717) is 0 Å². The minimum Gasteiger partial charge on any atom is -0.482 e. The van der Waals surface area contributed by atoms with Gasteiger partial charge in [-0.25, -0.2) is 4.79 Å². The van der Waals surface area contributed by atoms with Gasteiger partial charge in [-0.05, 0) is 73.0 Å². The van der Waals surface area contributed by atoms with E-state index in [1.165, 1.54) is 56.1 Å². The minimum atomic E-state index is -0.908. The first-order valence-electron chi connectivity index (χ1n) is 10.5. The zero-order valence-electron chi connectivity index (χ0n) is 16.4. The van der Waals surface area contributed by atoms with Crippen molar-refractivity contribution >= 4 is 5.97 Å². The second-order valence-electron chi connectivity index (χ2n) is 8.57. The average Bonchev–Trinajstić information content (AvgIpc) is 3.03. The Kier molecular flexibility index (Phi) is 6.61. The molecule has 1 aromatic rings. The number of ether oxygens (including phenoxy) is 1. The summed E-state index contributed by atoms with van der Waals surface area (Å²) in [7, 11) is 0. The predicted molar refractivity (Wildman–Crippen MR) is 105 cm³/mol. The molecular formula is C23H34O3. The Bertz CT molecular complexity index is 609. The number of rotatable bonds is 9. The van der Waals surface area contributed by atoms with Gasteiger partial charge in [0.05, 0.1) is 0 Å². The van der Waals surface area contributed by atoms with Gasteiger partial charge >= 0.3 is 5.97 Å². The number of carboxylic acid groups (broad SMARTS) is 1. The van der Waals surface area contributed by atoms with E-state index in [-0.39, 0.29) is 6.61 Å². The highest BCUT2D eigenvalue weighted by Gasteiger charge is 2.39. The molecule has 0 aromatic heterocycles. The molecule has 1 fully saturated rings. The number of benzene rings is 1. The molecule has 1 saturated carbocycles. The maximum absolute atomic E-state index is 10.8. The zero-order chi connectivity index (χ0) is 18.5. The van der Waals surface area contributed by atoms with E-state index in [1.54, 1.807) is 0 Å². The van der Waals surface area contributed by atoms with Gasteiger partial charge in [-0.3, -0.25) is 0 Å². The van der Waals surface area contributed by atoms with Crippen LogP contribution in [0.1, 0.15) is 69.9 Å². The molecule has 1 aromatic carbocycles. The largest absolute Gasteiger partial charge is 0.482 e. The summed E-state index contributed by atoms with van der Waals surface area (Å²) in [6, 6.07) is 6.18. The molecule has 1 N–H and O–H groups in total. The first-order valence-corrected chi connectivity index (χ1v) is 10.5. The van der Waals surface area contributed by atoms with Crippen LogP contribution in [0.15, 0.2) is 18.2 Å². The van der Waals surface area contributed by atoms with Crippen molar-refractivity contribution in [3.63, 3.8) is 0 Å². The Balaban J connectivity index is 1.61. The molecule has 0 heterocycles. The van der Waals surface area contributed by atoms with Crippen LogP contribution in [0.25, 0.3) is 0 Å². The van der Waals surface area contributed by atoms with E-state index in [4.69, 9.17) is 9.84 Å². The summed E-state index contributed by atoms with van der Waals surface area (Å²) in [5.41, 5.74) is 2.66. The molecule has 2 aliphatic rings. The monoisotopic (exact) mass is 358 g/mol. The zero-order valence-corrected chi connectivity index (χ0v) is 16.4. The van der Waals surface area contributed by atoms with Crippen LogP contribution in [0.2, 0.25) is 0 Å². The third-order valence-corrected chi connectivity index (χ3v) is 6.70. The van der Waals surface area contributed by atoms with Gasteiger partial charge in [0.25, 0.3) is 0 Å². The van der Waals surface area contributed by atoms with Crippen molar-refractivity contribution in [2.24, 2.45) is 23.7 Å². The summed E-state index contributed by atoms with van der Waals surface area (Å²) in [5, 5.41) is 8.90. The fourth-order valence-corrected chi connectivity index (χ4v) is 5.21. The van der Waals surface area contributed by atoms with Crippen LogP contribution in [0.3, 0.4) is 0 Å². The number of unbranched alkanes of at least 4 members (excludes halogenated alkanes) is 1. The highest BCUT2D eigenvalue weighted by molar-refractivity contribution is 5.68. The number of hydrogen-bond acceptors (Lipinski definition) is 2. The van der Waals surface area contributed by atoms with E-state index < -0.39 is 5.97 Å². The average molecular weight is 359 g/mol. The molecular weight excluding hydrogens is 324 g/mol. The first-order chi connectivity index (χ1) is 12.6. The lowest BCUT2D eigenvalue weighted by Gasteiger charge is -2.32. The summed E-state index contributed by atoms with van der Waals surface area (Å²) < 4.78 is 5.56. The van der Waals surface area contributed by atoms with Crippen LogP contribution in [0, 0.1) is 23.7 Å². The van der Waals surface area contributed by atoms with Gasteiger partial charge in [0.15, 0.2) is 6.61 Å². The number of carbonyl (C=O) groups is 1. The molecule has 0 unspecified atom stereocenters. The third kappa shape index (κ3) is 4.61. The van der Waals surface area contributed by atoms with E-state index in [1.807, 2.05) is 12.1 Å². The fourth-order valence-electron chi connectivity index (χ4n) is 5.21. The van der Waals surface area contributed by atoms with Crippen LogP contribution < -0.4 is 4.74 Å².